The van der Waals surface area contributed by atoms with Gasteiger partial charge in [0, 0.05) is 21.7 Å². The van der Waals surface area contributed by atoms with Gasteiger partial charge in [0.15, 0.2) is 0 Å². The highest BCUT2D eigenvalue weighted by molar-refractivity contribution is 7.11. The first-order valence-corrected chi connectivity index (χ1v) is 7.06. The minimum atomic E-state index is 0.596. The van der Waals surface area contributed by atoms with E-state index in [0.29, 0.717) is 13.2 Å². The van der Waals surface area contributed by atoms with Crippen LogP contribution in [-0.2, 0) is 13.2 Å². The number of benzene rings is 2. The van der Waals surface area contributed by atoms with Crippen LogP contribution in [0.2, 0.25) is 0 Å². The molecule has 96 valence electrons. The molecule has 0 unspecified atom stereocenters. The third-order valence-electron chi connectivity index (χ3n) is 3.04. The van der Waals surface area contributed by atoms with Gasteiger partial charge in [0.2, 0.25) is 0 Å². The maximum atomic E-state index is 5.93. The van der Waals surface area contributed by atoms with Crippen molar-refractivity contribution in [2.45, 2.75) is 13.2 Å². The summed E-state index contributed by atoms with van der Waals surface area (Å²) in [6, 6.07) is 18.5. The van der Waals surface area contributed by atoms with Crippen LogP contribution < -0.4 is 10.5 Å². The average Bonchev–Trinajstić information content (AvgIpc) is 2.93. The van der Waals surface area contributed by atoms with Crippen molar-refractivity contribution in [2.24, 2.45) is 5.73 Å². The second kappa shape index (κ2) is 5.43. The van der Waals surface area contributed by atoms with Gasteiger partial charge in [0.05, 0.1) is 0 Å². The number of hydrogen-bond donors (Lipinski definition) is 1. The molecule has 0 amide bonds. The highest BCUT2D eigenvalue weighted by atomic mass is 32.1. The third kappa shape index (κ3) is 2.62. The minimum Gasteiger partial charge on any atom is -0.487 e. The van der Waals surface area contributed by atoms with Gasteiger partial charge < -0.3 is 10.5 Å². The van der Waals surface area contributed by atoms with Crippen molar-refractivity contribution in [1.29, 1.82) is 0 Å². The molecule has 3 aromatic rings. The van der Waals surface area contributed by atoms with E-state index in [1.807, 2.05) is 24.3 Å². The summed E-state index contributed by atoms with van der Waals surface area (Å²) in [6.45, 7) is 1.19. The van der Waals surface area contributed by atoms with Crippen molar-refractivity contribution in [2.75, 3.05) is 0 Å². The van der Waals surface area contributed by atoms with E-state index in [1.165, 1.54) is 15.1 Å². The molecule has 0 saturated carbocycles. The molecule has 0 aliphatic heterocycles. The summed E-state index contributed by atoms with van der Waals surface area (Å²) in [5.74, 6) is 0.931. The van der Waals surface area contributed by atoms with E-state index in [4.69, 9.17) is 10.5 Å². The van der Waals surface area contributed by atoms with Crippen molar-refractivity contribution in [3.8, 4) is 5.75 Å². The number of thiophene rings is 1. The van der Waals surface area contributed by atoms with E-state index in [0.717, 1.165) is 11.1 Å². The lowest BCUT2D eigenvalue weighted by atomic mass is 10.1. The predicted molar refractivity (Wildman–Crippen MR) is 80.5 cm³/mol. The van der Waals surface area contributed by atoms with Gasteiger partial charge >= 0.3 is 0 Å². The van der Waals surface area contributed by atoms with Crippen LogP contribution in [0.1, 0.15) is 9.75 Å². The molecule has 0 radical (unpaired) electrons. The van der Waals surface area contributed by atoms with Crippen molar-refractivity contribution in [3.63, 3.8) is 0 Å². The van der Waals surface area contributed by atoms with E-state index in [9.17, 15) is 0 Å². The van der Waals surface area contributed by atoms with Crippen LogP contribution in [0.3, 0.4) is 0 Å². The van der Waals surface area contributed by atoms with Crippen LogP contribution in [0.4, 0.5) is 0 Å². The molecule has 3 rings (SSSR count). The molecule has 3 heteroatoms. The summed E-state index contributed by atoms with van der Waals surface area (Å²) >= 11 is 1.71. The van der Waals surface area contributed by atoms with Gasteiger partial charge in [0.1, 0.15) is 12.4 Å². The molecule has 0 saturated heterocycles. The summed E-state index contributed by atoms with van der Waals surface area (Å²) in [7, 11) is 0. The Morgan fingerprint density at radius 3 is 2.53 bits per heavy atom. The van der Waals surface area contributed by atoms with Crippen molar-refractivity contribution in [3.05, 3.63) is 64.4 Å². The van der Waals surface area contributed by atoms with E-state index in [2.05, 4.69) is 30.3 Å². The summed E-state index contributed by atoms with van der Waals surface area (Å²) in [6.07, 6.45) is 0. The maximum absolute atomic E-state index is 5.93. The number of hydrogen-bond acceptors (Lipinski definition) is 3. The fourth-order valence-electron chi connectivity index (χ4n) is 2.08. The fourth-order valence-corrected chi connectivity index (χ4v) is 2.89. The SMILES string of the molecule is NCc1ccc(COc2cccc3ccccc23)s1. The summed E-state index contributed by atoms with van der Waals surface area (Å²) in [5.41, 5.74) is 5.61. The van der Waals surface area contributed by atoms with E-state index in [-0.39, 0.29) is 0 Å². The van der Waals surface area contributed by atoms with Crippen molar-refractivity contribution < 1.29 is 4.74 Å². The van der Waals surface area contributed by atoms with Crippen LogP contribution in [0, 0.1) is 0 Å². The monoisotopic (exact) mass is 269 g/mol. The van der Waals surface area contributed by atoms with E-state index in [1.54, 1.807) is 11.3 Å². The van der Waals surface area contributed by atoms with Gasteiger partial charge in [-0.3, -0.25) is 0 Å². The lowest BCUT2D eigenvalue weighted by Gasteiger charge is -2.08. The number of fused-ring (bicyclic) bond motifs is 1. The molecule has 1 heterocycles. The largest absolute Gasteiger partial charge is 0.487 e. The Hall–Kier alpha value is -1.84. The van der Waals surface area contributed by atoms with Gasteiger partial charge in [-0.2, -0.15) is 0 Å². The van der Waals surface area contributed by atoms with Crippen LogP contribution >= 0.6 is 11.3 Å². The van der Waals surface area contributed by atoms with Gasteiger partial charge in [-0.25, -0.2) is 0 Å². The summed E-state index contributed by atoms with van der Waals surface area (Å²) in [4.78, 5) is 2.39. The standard InChI is InChI=1S/C16H15NOS/c17-10-13-8-9-14(19-13)11-18-16-7-3-5-12-4-1-2-6-15(12)16/h1-9H,10-11,17H2. The lowest BCUT2D eigenvalue weighted by Crippen LogP contribution is -1.94. The molecule has 1 aromatic heterocycles. The van der Waals surface area contributed by atoms with E-state index < -0.39 is 0 Å². The van der Waals surface area contributed by atoms with Crippen molar-refractivity contribution in [1.82, 2.24) is 0 Å². The van der Waals surface area contributed by atoms with Crippen LogP contribution in [0.25, 0.3) is 10.8 Å². The van der Waals surface area contributed by atoms with Crippen molar-refractivity contribution >= 4 is 22.1 Å². The Morgan fingerprint density at radius 1 is 0.895 bits per heavy atom. The Morgan fingerprint density at radius 2 is 1.68 bits per heavy atom. The molecule has 0 aliphatic rings. The molecule has 2 N–H and O–H groups in total. The molecular formula is C16H15NOS. The first kappa shape index (κ1) is 12.2. The van der Waals surface area contributed by atoms with Gasteiger partial charge in [-0.15, -0.1) is 11.3 Å². The highest BCUT2D eigenvalue weighted by Gasteiger charge is 2.03. The molecule has 0 atom stereocenters. The molecular weight excluding hydrogens is 254 g/mol. The smallest absolute Gasteiger partial charge is 0.127 e. The topological polar surface area (TPSA) is 35.2 Å². The molecule has 0 fully saturated rings. The first-order chi connectivity index (χ1) is 9.36. The van der Waals surface area contributed by atoms with Gasteiger partial charge in [-0.05, 0) is 23.6 Å². The molecule has 0 bridgehead atoms. The quantitative estimate of drug-likeness (QED) is 0.778. The Bertz CT molecular complexity index is 685. The minimum absolute atomic E-state index is 0.596. The normalized spacial score (nSPS) is 10.8. The Labute approximate surface area is 116 Å². The van der Waals surface area contributed by atoms with Gasteiger partial charge in [0.25, 0.3) is 0 Å². The zero-order chi connectivity index (χ0) is 13.1. The first-order valence-electron chi connectivity index (χ1n) is 6.25. The number of ether oxygens (including phenoxy) is 1. The summed E-state index contributed by atoms with van der Waals surface area (Å²) in [5, 5.41) is 2.36. The number of rotatable bonds is 4. The zero-order valence-electron chi connectivity index (χ0n) is 10.5. The molecule has 19 heavy (non-hydrogen) atoms. The lowest BCUT2D eigenvalue weighted by molar-refractivity contribution is 0.313. The maximum Gasteiger partial charge on any atom is 0.127 e. The van der Waals surface area contributed by atoms with E-state index >= 15 is 0 Å². The Kier molecular flexibility index (Phi) is 3.49. The summed E-state index contributed by atoms with van der Waals surface area (Å²) < 4.78 is 5.93. The fraction of sp³-hybridized carbons (Fsp3) is 0.125. The number of nitrogens with two attached hydrogens (primary N) is 1. The molecule has 2 nitrogen and oxygen atoms in total. The highest BCUT2D eigenvalue weighted by Crippen LogP contribution is 2.26. The second-order valence-electron chi connectivity index (χ2n) is 4.34. The molecule has 0 aliphatic carbocycles. The van der Waals surface area contributed by atoms with Gasteiger partial charge in [-0.1, -0.05) is 36.4 Å². The Balaban J connectivity index is 1.81. The molecule has 0 spiro atoms. The average molecular weight is 269 g/mol. The zero-order valence-corrected chi connectivity index (χ0v) is 11.3. The molecule has 2 aromatic carbocycles. The predicted octanol–water partition coefficient (Wildman–Crippen LogP) is 3.94. The van der Waals surface area contributed by atoms with Crippen LogP contribution in [0.15, 0.2) is 54.6 Å². The third-order valence-corrected chi connectivity index (χ3v) is 4.12. The van der Waals surface area contributed by atoms with Crippen LogP contribution in [0.5, 0.6) is 5.75 Å². The van der Waals surface area contributed by atoms with Crippen LogP contribution in [-0.4, -0.2) is 0 Å². The second-order valence-corrected chi connectivity index (χ2v) is 5.59.